The number of rotatable bonds is 1. The number of halogens is 3. The van der Waals surface area contributed by atoms with E-state index in [2.05, 4.69) is 15.0 Å². The van der Waals surface area contributed by atoms with Gasteiger partial charge >= 0.3 is 0 Å². The minimum Gasteiger partial charge on any atom is -0.250 e. The van der Waals surface area contributed by atoms with Crippen LogP contribution in [0.25, 0.3) is 11.5 Å². The summed E-state index contributed by atoms with van der Waals surface area (Å²) in [6.45, 7) is 1.47. The van der Waals surface area contributed by atoms with Gasteiger partial charge in [0.1, 0.15) is 11.5 Å². The molecular weight excluding hydrogens is 236 g/mol. The standard InChI is InChI=1S/C10H6ClF2N3/c1-5-8(13)9(11)16-10(15-5)7-3-2-6(12)4-14-7/h2-4H,1H3. The molecule has 82 valence electrons. The molecule has 0 aliphatic rings. The highest BCUT2D eigenvalue weighted by Crippen LogP contribution is 2.19. The van der Waals surface area contributed by atoms with Crippen LogP contribution in [0.2, 0.25) is 5.15 Å². The number of aryl methyl sites for hydroxylation is 1. The summed E-state index contributed by atoms with van der Waals surface area (Å²) in [6.07, 6.45) is 1.03. The summed E-state index contributed by atoms with van der Waals surface area (Å²) < 4.78 is 25.8. The Kier molecular flexibility index (Phi) is 2.78. The Morgan fingerprint density at radius 1 is 1.19 bits per heavy atom. The van der Waals surface area contributed by atoms with Crippen LogP contribution >= 0.6 is 11.6 Å². The molecule has 0 saturated heterocycles. The number of pyridine rings is 1. The molecular formula is C10H6ClF2N3. The number of nitrogens with zero attached hydrogens (tertiary/aromatic N) is 3. The second-order valence-corrected chi connectivity index (χ2v) is 3.46. The zero-order valence-corrected chi connectivity index (χ0v) is 8.96. The number of aromatic nitrogens is 3. The van der Waals surface area contributed by atoms with E-state index in [0.717, 1.165) is 6.20 Å². The van der Waals surface area contributed by atoms with E-state index in [1.165, 1.54) is 19.1 Å². The molecule has 0 radical (unpaired) electrons. The van der Waals surface area contributed by atoms with Crippen molar-refractivity contribution < 1.29 is 8.78 Å². The zero-order chi connectivity index (χ0) is 11.7. The van der Waals surface area contributed by atoms with Gasteiger partial charge in [0, 0.05) is 0 Å². The molecule has 0 aliphatic carbocycles. The topological polar surface area (TPSA) is 38.7 Å². The Morgan fingerprint density at radius 2 is 1.94 bits per heavy atom. The van der Waals surface area contributed by atoms with E-state index in [9.17, 15) is 8.78 Å². The first-order valence-corrected chi connectivity index (χ1v) is 4.77. The third-order valence-corrected chi connectivity index (χ3v) is 2.18. The van der Waals surface area contributed by atoms with E-state index in [1.807, 2.05) is 0 Å². The normalized spacial score (nSPS) is 10.5. The molecule has 0 aliphatic heterocycles. The molecule has 0 unspecified atom stereocenters. The van der Waals surface area contributed by atoms with Gasteiger partial charge in [-0.1, -0.05) is 11.6 Å². The molecule has 0 spiro atoms. The van der Waals surface area contributed by atoms with Crippen molar-refractivity contribution in [2.24, 2.45) is 0 Å². The highest BCUT2D eigenvalue weighted by atomic mass is 35.5. The fourth-order valence-electron chi connectivity index (χ4n) is 1.15. The third-order valence-electron chi connectivity index (χ3n) is 1.93. The van der Waals surface area contributed by atoms with Crippen molar-refractivity contribution in [1.82, 2.24) is 15.0 Å². The van der Waals surface area contributed by atoms with Crippen LogP contribution in [0.1, 0.15) is 5.69 Å². The van der Waals surface area contributed by atoms with Gasteiger partial charge in [0.2, 0.25) is 0 Å². The predicted octanol–water partition coefficient (Wildman–Crippen LogP) is 2.78. The van der Waals surface area contributed by atoms with Crippen LogP contribution in [0, 0.1) is 18.6 Å². The van der Waals surface area contributed by atoms with Crippen molar-refractivity contribution in [2.75, 3.05) is 0 Å². The Morgan fingerprint density at radius 3 is 2.50 bits per heavy atom. The van der Waals surface area contributed by atoms with Crippen LogP contribution in [-0.2, 0) is 0 Å². The lowest BCUT2D eigenvalue weighted by molar-refractivity contribution is 0.602. The molecule has 2 rings (SSSR count). The van der Waals surface area contributed by atoms with Crippen LogP contribution in [0.4, 0.5) is 8.78 Å². The van der Waals surface area contributed by atoms with Crippen molar-refractivity contribution in [2.45, 2.75) is 6.92 Å². The van der Waals surface area contributed by atoms with E-state index < -0.39 is 11.6 Å². The molecule has 0 aromatic carbocycles. The summed E-state index contributed by atoms with van der Waals surface area (Å²) in [6, 6.07) is 2.62. The maximum absolute atomic E-state index is 13.2. The molecule has 6 heteroatoms. The van der Waals surface area contributed by atoms with E-state index in [4.69, 9.17) is 11.6 Å². The summed E-state index contributed by atoms with van der Waals surface area (Å²) in [5.41, 5.74) is 0.465. The molecule has 0 bridgehead atoms. The van der Waals surface area contributed by atoms with Gasteiger partial charge in [-0.3, -0.25) is 0 Å². The van der Waals surface area contributed by atoms with Crippen LogP contribution in [-0.4, -0.2) is 15.0 Å². The maximum atomic E-state index is 13.2. The molecule has 0 N–H and O–H groups in total. The first kappa shape index (κ1) is 10.9. The first-order valence-electron chi connectivity index (χ1n) is 4.39. The van der Waals surface area contributed by atoms with Gasteiger partial charge in [-0.2, -0.15) is 0 Å². The van der Waals surface area contributed by atoms with Gasteiger partial charge in [0.05, 0.1) is 11.9 Å². The van der Waals surface area contributed by atoms with Crippen molar-refractivity contribution >= 4 is 11.6 Å². The zero-order valence-electron chi connectivity index (χ0n) is 8.21. The van der Waals surface area contributed by atoms with E-state index in [1.54, 1.807) is 0 Å². The Balaban J connectivity index is 2.52. The highest BCUT2D eigenvalue weighted by Gasteiger charge is 2.11. The first-order chi connectivity index (χ1) is 7.58. The van der Waals surface area contributed by atoms with Crippen LogP contribution in [0.15, 0.2) is 18.3 Å². The van der Waals surface area contributed by atoms with Crippen LogP contribution in [0.5, 0.6) is 0 Å². The third kappa shape index (κ3) is 1.99. The van der Waals surface area contributed by atoms with Crippen molar-refractivity contribution in [3.05, 3.63) is 40.8 Å². The monoisotopic (exact) mass is 241 g/mol. The molecule has 16 heavy (non-hydrogen) atoms. The largest absolute Gasteiger partial charge is 0.250 e. The van der Waals surface area contributed by atoms with Gasteiger partial charge in [-0.05, 0) is 19.1 Å². The minimum atomic E-state index is -0.660. The highest BCUT2D eigenvalue weighted by molar-refractivity contribution is 6.29. The number of hydrogen-bond donors (Lipinski definition) is 0. The summed E-state index contributed by atoms with van der Waals surface area (Å²) in [4.78, 5) is 11.4. The Bertz CT molecular complexity index is 505. The van der Waals surface area contributed by atoms with Gasteiger partial charge < -0.3 is 0 Å². The van der Waals surface area contributed by atoms with Crippen molar-refractivity contribution in [3.63, 3.8) is 0 Å². The second-order valence-electron chi connectivity index (χ2n) is 3.10. The van der Waals surface area contributed by atoms with Crippen molar-refractivity contribution in [3.8, 4) is 11.5 Å². The molecule has 0 saturated carbocycles. The molecule has 2 aromatic heterocycles. The predicted molar refractivity (Wildman–Crippen MR) is 54.9 cm³/mol. The average molecular weight is 242 g/mol. The molecule has 2 heterocycles. The van der Waals surface area contributed by atoms with Crippen molar-refractivity contribution in [1.29, 1.82) is 0 Å². The smallest absolute Gasteiger partial charge is 0.181 e. The van der Waals surface area contributed by atoms with E-state index in [0.29, 0.717) is 5.69 Å². The lowest BCUT2D eigenvalue weighted by atomic mass is 10.3. The van der Waals surface area contributed by atoms with Gasteiger partial charge in [0.15, 0.2) is 16.8 Å². The quantitative estimate of drug-likeness (QED) is 0.721. The van der Waals surface area contributed by atoms with Crippen LogP contribution < -0.4 is 0 Å². The van der Waals surface area contributed by atoms with E-state index in [-0.39, 0.29) is 16.7 Å². The number of hydrogen-bond acceptors (Lipinski definition) is 3. The molecule has 0 fully saturated rings. The summed E-state index contributed by atoms with van der Waals surface area (Å²) >= 11 is 5.57. The van der Waals surface area contributed by atoms with E-state index >= 15 is 0 Å². The molecule has 3 nitrogen and oxygen atoms in total. The minimum absolute atomic E-state index is 0.126. The Labute approximate surface area is 95.1 Å². The molecule has 0 amide bonds. The summed E-state index contributed by atoms with van der Waals surface area (Å²) in [5, 5.41) is -0.270. The average Bonchev–Trinajstić information content (AvgIpc) is 2.26. The Hall–Kier alpha value is -1.62. The SMILES string of the molecule is Cc1nc(-c2ccc(F)cn2)nc(Cl)c1F. The second kappa shape index (κ2) is 4.09. The van der Waals surface area contributed by atoms with Gasteiger partial charge in [-0.15, -0.1) is 0 Å². The van der Waals surface area contributed by atoms with Crippen LogP contribution in [0.3, 0.4) is 0 Å². The maximum Gasteiger partial charge on any atom is 0.181 e. The van der Waals surface area contributed by atoms with Gasteiger partial charge in [-0.25, -0.2) is 23.7 Å². The molecule has 2 aromatic rings. The lowest BCUT2D eigenvalue weighted by Gasteiger charge is -2.02. The molecule has 0 atom stereocenters. The summed E-state index contributed by atoms with van der Waals surface area (Å²) in [7, 11) is 0. The summed E-state index contributed by atoms with van der Waals surface area (Å²) in [5.74, 6) is -0.954. The fourth-order valence-corrected chi connectivity index (χ4v) is 1.36. The lowest BCUT2D eigenvalue weighted by Crippen LogP contribution is -1.98. The fraction of sp³-hybridized carbons (Fsp3) is 0.100. The van der Waals surface area contributed by atoms with Gasteiger partial charge in [0.25, 0.3) is 0 Å².